The molecule has 11 heavy (non-hydrogen) atoms. The minimum absolute atomic E-state index is 0. The van der Waals surface area contributed by atoms with E-state index in [1.807, 2.05) is 0 Å². The molecule has 0 aromatic carbocycles. The summed E-state index contributed by atoms with van der Waals surface area (Å²) in [5.41, 5.74) is 0. The van der Waals surface area contributed by atoms with Crippen LogP contribution >= 0.6 is 0 Å². The van der Waals surface area contributed by atoms with Gasteiger partial charge in [0.05, 0.1) is 0 Å². The molecule has 0 amide bonds. The van der Waals surface area contributed by atoms with Crippen molar-refractivity contribution >= 4 is 0 Å². The van der Waals surface area contributed by atoms with Gasteiger partial charge in [-0.3, -0.25) is 0 Å². The Hall–Kier alpha value is 1.26. The summed E-state index contributed by atoms with van der Waals surface area (Å²) in [6.45, 7) is 4.54. The molecule has 0 unspecified atom stereocenters. The van der Waals surface area contributed by atoms with Crippen LogP contribution in [0.15, 0.2) is 0 Å². The molecule has 0 saturated heterocycles. The maximum absolute atomic E-state index is 2.27. The molecule has 0 saturated carbocycles. The van der Waals surface area contributed by atoms with Crippen molar-refractivity contribution in [2.24, 2.45) is 0 Å². The summed E-state index contributed by atoms with van der Waals surface area (Å²) in [4.78, 5) is 0. The zero-order chi connectivity index (χ0) is 7.66. The maximum atomic E-state index is 2.27. The van der Waals surface area contributed by atoms with Gasteiger partial charge < -0.3 is 0 Å². The van der Waals surface area contributed by atoms with Crippen molar-refractivity contribution < 1.29 is 37.7 Å². The van der Waals surface area contributed by atoms with E-state index in [1.165, 1.54) is 51.4 Å². The van der Waals surface area contributed by atoms with Crippen molar-refractivity contribution in [3.8, 4) is 0 Å². The molecule has 70 valence electrons. The van der Waals surface area contributed by atoms with Gasteiger partial charge in [0, 0.05) is 37.7 Å². The molecule has 1 heteroatoms. The standard InChI is InChI=1S/C10H22.Ar/c1-3-5-7-9-10-8-6-4-2;/h3-10H2,1-2H3;. The average molecular weight is 182 g/mol. The molecule has 0 N–H and O–H groups in total. The molecule has 0 spiro atoms. The zero-order valence-electron chi connectivity index (χ0n) is 8.01. The SMILES string of the molecule is CCCCCCCCCC.[Ar]. The van der Waals surface area contributed by atoms with Gasteiger partial charge in [-0.15, -0.1) is 0 Å². The largest absolute Gasteiger partial charge is 0.0654 e. The first-order chi connectivity index (χ1) is 4.91. The van der Waals surface area contributed by atoms with Crippen molar-refractivity contribution in [2.75, 3.05) is 0 Å². The van der Waals surface area contributed by atoms with Crippen molar-refractivity contribution in [1.29, 1.82) is 0 Å². The monoisotopic (exact) mass is 182 g/mol. The van der Waals surface area contributed by atoms with Crippen LogP contribution < -0.4 is 0 Å². The molecule has 0 radical (unpaired) electrons. The van der Waals surface area contributed by atoms with Crippen LogP contribution in [0.3, 0.4) is 0 Å². The third kappa shape index (κ3) is 14.2. The fraction of sp³-hybridized carbons (Fsp3) is 1.00. The van der Waals surface area contributed by atoms with Gasteiger partial charge >= 0.3 is 0 Å². The van der Waals surface area contributed by atoms with E-state index in [0.717, 1.165) is 0 Å². The molecule has 0 aliphatic carbocycles. The fourth-order valence-corrected chi connectivity index (χ4v) is 1.21. The van der Waals surface area contributed by atoms with E-state index in [1.54, 1.807) is 0 Å². The average Bonchev–Trinajstić information content (AvgIpc) is 1.97. The number of hydrogen-bond acceptors (Lipinski definition) is 0. The second-order valence-electron chi connectivity index (χ2n) is 3.12. The second kappa shape index (κ2) is 13.8. The van der Waals surface area contributed by atoms with Crippen LogP contribution in [0.2, 0.25) is 0 Å². The van der Waals surface area contributed by atoms with Crippen molar-refractivity contribution in [3.05, 3.63) is 0 Å². The first-order valence-electron chi connectivity index (χ1n) is 4.91. The Morgan fingerprint density at radius 1 is 0.545 bits per heavy atom. The maximum Gasteiger partial charge on any atom is 0 e. The van der Waals surface area contributed by atoms with E-state index in [-0.39, 0.29) is 37.7 Å². The molecule has 0 aromatic heterocycles. The Morgan fingerprint density at radius 2 is 0.818 bits per heavy atom. The molecule has 0 atom stereocenters. The summed E-state index contributed by atoms with van der Waals surface area (Å²) in [7, 11) is 0. The Morgan fingerprint density at radius 3 is 1.09 bits per heavy atom. The summed E-state index contributed by atoms with van der Waals surface area (Å²) in [6.07, 6.45) is 11.5. The van der Waals surface area contributed by atoms with Crippen LogP contribution in [0.4, 0.5) is 0 Å². The smallest absolute Gasteiger partial charge is 0 e. The summed E-state index contributed by atoms with van der Waals surface area (Å²) in [6, 6.07) is 0. The van der Waals surface area contributed by atoms with Gasteiger partial charge in [-0.2, -0.15) is 0 Å². The first-order valence-corrected chi connectivity index (χ1v) is 4.91. The van der Waals surface area contributed by atoms with Crippen LogP contribution in [-0.2, 0) is 0 Å². The zero-order valence-corrected chi connectivity index (χ0v) is 8.72. The number of unbranched alkanes of at least 4 members (excludes halogenated alkanes) is 7. The van der Waals surface area contributed by atoms with Crippen LogP contribution in [0.1, 0.15) is 65.2 Å². The van der Waals surface area contributed by atoms with Gasteiger partial charge in [-0.1, -0.05) is 65.2 Å². The van der Waals surface area contributed by atoms with Crippen LogP contribution in [0.25, 0.3) is 0 Å². The summed E-state index contributed by atoms with van der Waals surface area (Å²) in [5, 5.41) is 0. The van der Waals surface area contributed by atoms with Gasteiger partial charge in [0.15, 0.2) is 0 Å². The van der Waals surface area contributed by atoms with Crippen LogP contribution in [0.5, 0.6) is 0 Å². The quantitative estimate of drug-likeness (QED) is 0.519. The van der Waals surface area contributed by atoms with Gasteiger partial charge in [0.1, 0.15) is 0 Å². The van der Waals surface area contributed by atoms with E-state index in [2.05, 4.69) is 13.8 Å². The molecule has 0 fully saturated rings. The van der Waals surface area contributed by atoms with Crippen LogP contribution in [-0.4, -0.2) is 0 Å². The number of rotatable bonds is 7. The topological polar surface area (TPSA) is 0 Å². The van der Waals surface area contributed by atoms with Crippen molar-refractivity contribution in [3.63, 3.8) is 0 Å². The van der Waals surface area contributed by atoms with E-state index in [4.69, 9.17) is 0 Å². The van der Waals surface area contributed by atoms with Gasteiger partial charge in [0.2, 0.25) is 0 Å². The predicted octanol–water partition coefficient (Wildman–Crippen LogP) is 4.15. The predicted molar refractivity (Wildman–Crippen MR) is 48.3 cm³/mol. The second-order valence-corrected chi connectivity index (χ2v) is 3.12. The molecule has 0 heterocycles. The van der Waals surface area contributed by atoms with Gasteiger partial charge in [-0.05, 0) is 0 Å². The first kappa shape index (κ1) is 14.8. The molecule has 0 aliphatic rings. The molecule has 0 nitrogen and oxygen atoms in total. The third-order valence-corrected chi connectivity index (χ3v) is 1.96. The Bertz CT molecular complexity index is 44.8. The summed E-state index contributed by atoms with van der Waals surface area (Å²) >= 11 is 0. The van der Waals surface area contributed by atoms with Gasteiger partial charge in [-0.25, -0.2) is 0 Å². The Labute approximate surface area is 102 Å². The molecule has 0 aromatic rings. The van der Waals surface area contributed by atoms with Crippen molar-refractivity contribution in [2.45, 2.75) is 65.2 Å². The van der Waals surface area contributed by atoms with E-state index in [0.29, 0.717) is 0 Å². The minimum Gasteiger partial charge on any atom is -0.0654 e. The van der Waals surface area contributed by atoms with E-state index >= 15 is 0 Å². The summed E-state index contributed by atoms with van der Waals surface area (Å²) < 4.78 is 0. The Balaban J connectivity index is 0. The molecule has 0 bridgehead atoms. The minimum atomic E-state index is 0. The third-order valence-electron chi connectivity index (χ3n) is 1.96. The van der Waals surface area contributed by atoms with E-state index < -0.39 is 0 Å². The normalized spacial score (nSPS) is 9.27. The molecule has 0 rings (SSSR count). The summed E-state index contributed by atoms with van der Waals surface area (Å²) in [5.74, 6) is 0. The number of hydrogen-bond donors (Lipinski definition) is 0. The Kier molecular flexibility index (Phi) is 18.6. The van der Waals surface area contributed by atoms with E-state index in [9.17, 15) is 0 Å². The molecule has 0 aliphatic heterocycles. The van der Waals surface area contributed by atoms with Gasteiger partial charge in [0.25, 0.3) is 0 Å². The van der Waals surface area contributed by atoms with Crippen LogP contribution in [0, 0.1) is 37.7 Å². The van der Waals surface area contributed by atoms with Crippen molar-refractivity contribution in [1.82, 2.24) is 0 Å². The molecular formula is C10H22Ar. The molecular weight excluding hydrogens is 160 g/mol. The fourth-order valence-electron chi connectivity index (χ4n) is 1.21.